The number of carbonyl (C=O) groups is 2. The molecule has 0 unspecified atom stereocenters. The smallest absolute Gasteiger partial charge is 0.303 e. The number of hydrogen-bond donors (Lipinski definition) is 1. The van der Waals surface area contributed by atoms with Crippen LogP contribution >= 0.6 is 35.6 Å². The van der Waals surface area contributed by atoms with Crippen molar-refractivity contribution in [1.29, 1.82) is 0 Å². The molecule has 1 saturated heterocycles. The fourth-order valence-corrected chi connectivity index (χ4v) is 3.82. The van der Waals surface area contributed by atoms with Gasteiger partial charge in [-0.1, -0.05) is 35.6 Å². The molecule has 5 nitrogen and oxygen atoms in total. The van der Waals surface area contributed by atoms with E-state index in [0.717, 1.165) is 5.56 Å². The zero-order chi connectivity index (χ0) is 18.7. The first-order valence-corrected chi connectivity index (χ1v) is 9.37. The van der Waals surface area contributed by atoms with Gasteiger partial charge in [0.15, 0.2) is 0 Å². The number of aliphatic carboxylic acids is 1. The van der Waals surface area contributed by atoms with Crippen molar-refractivity contribution in [2.24, 2.45) is 0 Å². The normalized spacial score (nSPS) is 15.9. The Bertz CT molecular complexity index is 889. The lowest BCUT2D eigenvalue weighted by Gasteiger charge is -2.13. The number of carbonyl (C=O) groups excluding carboxylic acids is 1. The predicted molar refractivity (Wildman–Crippen MR) is 106 cm³/mol. The topological polar surface area (TPSA) is 70.8 Å². The number of amides is 1. The van der Waals surface area contributed by atoms with E-state index in [0.29, 0.717) is 38.7 Å². The molecule has 1 aromatic heterocycles. The van der Waals surface area contributed by atoms with E-state index in [4.69, 9.17) is 33.3 Å². The van der Waals surface area contributed by atoms with Crippen molar-refractivity contribution >= 4 is 57.9 Å². The quantitative estimate of drug-likeness (QED) is 0.554. The van der Waals surface area contributed by atoms with Gasteiger partial charge in [0.25, 0.3) is 5.91 Å². The van der Waals surface area contributed by atoms with Crippen LogP contribution in [0.4, 0.5) is 0 Å². The van der Waals surface area contributed by atoms with Gasteiger partial charge in [-0.25, -0.2) is 0 Å². The van der Waals surface area contributed by atoms with Crippen molar-refractivity contribution in [3.8, 4) is 11.3 Å². The van der Waals surface area contributed by atoms with Crippen molar-refractivity contribution in [3.05, 3.63) is 52.1 Å². The van der Waals surface area contributed by atoms with E-state index in [2.05, 4.69) is 0 Å². The van der Waals surface area contributed by atoms with E-state index < -0.39 is 5.97 Å². The standard InChI is InChI=1S/C18H14ClNO4S2/c19-12-5-3-11(4-6-12)14-8-7-13(24-14)10-15-17(23)20(18(25)26-15)9-1-2-16(21)22/h3-8,10H,1-2,9H2,(H,21,22). The Morgan fingerprint density at radius 1 is 1.27 bits per heavy atom. The molecule has 0 saturated carbocycles. The van der Waals surface area contributed by atoms with E-state index in [1.165, 1.54) is 16.7 Å². The van der Waals surface area contributed by atoms with Gasteiger partial charge in [-0.05, 0) is 42.8 Å². The summed E-state index contributed by atoms with van der Waals surface area (Å²) in [7, 11) is 0. The predicted octanol–water partition coefficient (Wildman–Crippen LogP) is 4.67. The number of nitrogens with zero attached hydrogens (tertiary/aromatic N) is 1. The summed E-state index contributed by atoms with van der Waals surface area (Å²) >= 11 is 12.3. The van der Waals surface area contributed by atoms with Crippen molar-refractivity contribution in [3.63, 3.8) is 0 Å². The zero-order valence-electron chi connectivity index (χ0n) is 13.5. The third-order valence-corrected chi connectivity index (χ3v) is 5.30. The minimum absolute atomic E-state index is 0.00125. The molecule has 26 heavy (non-hydrogen) atoms. The minimum Gasteiger partial charge on any atom is -0.481 e. The first-order chi connectivity index (χ1) is 12.4. The first-order valence-electron chi connectivity index (χ1n) is 7.77. The lowest BCUT2D eigenvalue weighted by Crippen LogP contribution is -2.29. The number of benzene rings is 1. The highest BCUT2D eigenvalue weighted by Crippen LogP contribution is 2.34. The second kappa shape index (κ2) is 8.07. The third kappa shape index (κ3) is 4.35. The number of carboxylic acids is 1. The molecule has 1 N–H and O–H groups in total. The van der Waals surface area contributed by atoms with Crippen LogP contribution in [-0.2, 0) is 9.59 Å². The van der Waals surface area contributed by atoms with E-state index in [1.54, 1.807) is 24.3 Å². The number of furan rings is 1. The summed E-state index contributed by atoms with van der Waals surface area (Å²) in [4.78, 5) is 25.0. The first kappa shape index (κ1) is 18.7. The van der Waals surface area contributed by atoms with Gasteiger partial charge in [0.05, 0.1) is 4.91 Å². The summed E-state index contributed by atoms with van der Waals surface area (Å²) in [5.41, 5.74) is 0.885. The van der Waals surface area contributed by atoms with Gasteiger partial charge in [0.2, 0.25) is 0 Å². The van der Waals surface area contributed by atoms with Crippen LogP contribution < -0.4 is 0 Å². The summed E-state index contributed by atoms with van der Waals surface area (Å²) in [6.07, 6.45) is 2.01. The molecule has 0 radical (unpaired) electrons. The lowest BCUT2D eigenvalue weighted by molar-refractivity contribution is -0.137. The molecule has 1 aliphatic heterocycles. The van der Waals surface area contributed by atoms with Gasteiger partial charge in [-0.3, -0.25) is 14.5 Å². The molecule has 0 aliphatic carbocycles. The average Bonchev–Trinajstić information content (AvgIpc) is 3.15. The van der Waals surface area contributed by atoms with Crippen LogP contribution in [0.3, 0.4) is 0 Å². The highest BCUT2D eigenvalue weighted by molar-refractivity contribution is 8.26. The van der Waals surface area contributed by atoms with Gasteiger partial charge in [-0.2, -0.15) is 0 Å². The molecule has 0 bridgehead atoms. The molecule has 1 aliphatic rings. The Morgan fingerprint density at radius 3 is 2.69 bits per heavy atom. The van der Waals surface area contributed by atoms with Crippen LogP contribution in [0.15, 0.2) is 45.7 Å². The third-order valence-electron chi connectivity index (χ3n) is 3.67. The minimum atomic E-state index is -0.892. The number of rotatable bonds is 6. The zero-order valence-corrected chi connectivity index (χ0v) is 15.9. The van der Waals surface area contributed by atoms with E-state index >= 15 is 0 Å². The van der Waals surface area contributed by atoms with Crippen LogP contribution in [0.1, 0.15) is 18.6 Å². The Hall–Kier alpha value is -2.09. The lowest BCUT2D eigenvalue weighted by atomic mass is 10.2. The monoisotopic (exact) mass is 407 g/mol. The summed E-state index contributed by atoms with van der Waals surface area (Å²) in [6.45, 7) is 0.294. The fraction of sp³-hybridized carbons (Fsp3) is 0.167. The van der Waals surface area contributed by atoms with Crippen molar-refractivity contribution in [2.75, 3.05) is 6.54 Å². The molecule has 134 valence electrons. The van der Waals surface area contributed by atoms with Gasteiger partial charge in [0, 0.05) is 29.6 Å². The molecule has 0 atom stereocenters. The second-order valence-electron chi connectivity index (χ2n) is 5.54. The Kier molecular flexibility index (Phi) is 5.80. The number of thiocarbonyl (C=S) groups is 1. The molecule has 8 heteroatoms. The number of halogens is 1. The fourth-order valence-electron chi connectivity index (χ4n) is 2.41. The largest absolute Gasteiger partial charge is 0.481 e. The molecule has 1 amide bonds. The summed E-state index contributed by atoms with van der Waals surface area (Å²) < 4.78 is 6.21. The van der Waals surface area contributed by atoms with Crippen LogP contribution in [0.2, 0.25) is 5.02 Å². The second-order valence-corrected chi connectivity index (χ2v) is 7.65. The van der Waals surface area contributed by atoms with Crippen molar-refractivity contribution in [2.45, 2.75) is 12.8 Å². The van der Waals surface area contributed by atoms with Gasteiger partial charge in [-0.15, -0.1) is 0 Å². The van der Waals surface area contributed by atoms with Crippen molar-refractivity contribution in [1.82, 2.24) is 4.90 Å². The van der Waals surface area contributed by atoms with Gasteiger partial charge < -0.3 is 9.52 Å². The molecular weight excluding hydrogens is 394 g/mol. The Labute approximate surface area is 164 Å². The molecule has 2 heterocycles. The van der Waals surface area contributed by atoms with E-state index in [1.807, 2.05) is 18.2 Å². The summed E-state index contributed by atoms with van der Waals surface area (Å²) in [6, 6.07) is 10.9. The number of hydrogen-bond acceptors (Lipinski definition) is 5. The van der Waals surface area contributed by atoms with Crippen molar-refractivity contribution < 1.29 is 19.1 Å². The highest BCUT2D eigenvalue weighted by Gasteiger charge is 2.31. The molecule has 0 spiro atoms. The SMILES string of the molecule is O=C(O)CCCN1C(=O)C(=Cc2ccc(-c3ccc(Cl)cc3)o2)SC1=S. The molecule has 1 aromatic carbocycles. The maximum atomic E-state index is 12.5. The van der Waals surface area contributed by atoms with Gasteiger partial charge in [0.1, 0.15) is 15.8 Å². The molecule has 2 aromatic rings. The van der Waals surface area contributed by atoms with Crippen LogP contribution in [0.25, 0.3) is 17.4 Å². The van der Waals surface area contributed by atoms with Crippen LogP contribution in [0.5, 0.6) is 0 Å². The molecule has 1 fully saturated rings. The summed E-state index contributed by atoms with van der Waals surface area (Å²) in [5, 5.41) is 9.35. The number of thioether (sulfide) groups is 1. The highest BCUT2D eigenvalue weighted by atomic mass is 35.5. The molecular formula is C18H14ClNO4S2. The maximum Gasteiger partial charge on any atom is 0.303 e. The average molecular weight is 408 g/mol. The van der Waals surface area contributed by atoms with E-state index in [-0.39, 0.29) is 12.3 Å². The maximum absolute atomic E-state index is 12.5. The summed E-state index contributed by atoms with van der Waals surface area (Å²) in [5.74, 6) is 0.0944. The Balaban J connectivity index is 1.72. The van der Waals surface area contributed by atoms with Crippen LogP contribution in [0, 0.1) is 0 Å². The van der Waals surface area contributed by atoms with Gasteiger partial charge >= 0.3 is 5.97 Å². The van der Waals surface area contributed by atoms with E-state index in [9.17, 15) is 9.59 Å². The number of carboxylic acid groups (broad SMARTS) is 1. The van der Waals surface area contributed by atoms with Crippen LogP contribution in [-0.4, -0.2) is 32.7 Å². The Morgan fingerprint density at radius 2 is 2.00 bits per heavy atom. The molecule has 3 rings (SSSR count).